The second kappa shape index (κ2) is 7.04. The van der Waals surface area contributed by atoms with Gasteiger partial charge in [0.25, 0.3) is 0 Å². The third kappa shape index (κ3) is 3.83. The molecule has 2 aromatic carbocycles. The molecule has 0 atom stereocenters. The van der Waals surface area contributed by atoms with Crippen molar-refractivity contribution < 1.29 is 9.53 Å². The summed E-state index contributed by atoms with van der Waals surface area (Å²) in [6.07, 6.45) is 0.307. The molecule has 104 valence electrons. The van der Waals surface area contributed by atoms with Gasteiger partial charge in [0.05, 0.1) is 7.11 Å². The molecular formula is C15H11Br2IO2. The van der Waals surface area contributed by atoms with Crippen LogP contribution in [0.3, 0.4) is 0 Å². The first-order valence-electron chi connectivity index (χ1n) is 5.82. The van der Waals surface area contributed by atoms with Crippen molar-refractivity contribution in [1.29, 1.82) is 0 Å². The standard InChI is InChI=1S/C15H11Br2IO2/c1-20-15-5-2-10(16)6-9(15)7-14(19)12-8-11(18)3-4-13(12)17/h2-6,8H,7H2,1H3. The van der Waals surface area contributed by atoms with Gasteiger partial charge in [-0.25, -0.2) is 0 Å². The number of carbonyl (C=O) groups excluding carboxylic acids is 1. The number of hydrogen-bond donors (Lipinski definition) is 0. The number of methoxy groups -OCH3 is 1. The van der Waals surface area contributed by atoms with Crippen LogP contribution in [0.1, 0.15) is 15.9 Å². The van der Waals surface area contributed by atoms with Crippen LogP contribution >= 0.6 is 54.5 Å². The van der Waals surface area contributed by atoms with Gasteiger partial charge < -0.3 is 4.74 Å². The molecule has 0 saturated heterocycles. The van der Waals surface area contributed by atoms with Crippen LogP contribution in [-0.4, -0.2) is 12.9 Å². The molecule has 0 aliphatic rings. The molecule has 0 N–H and O–H groups in total. The van der Waals surface area contributed by atoms with Crippen molar-refractivity contribution in [2.45, 2.75) is 6.42 Å². The topological polar surface area (TPSA) is 26.3 Å². The van der Waals surface area contributed by atoms with Gasteiger partial charge >= 0.3 is 0 Å². The summed E-state index contributed by atoms with van der Waals surface area (Å²) in [5.74, 6) is 0.787. The van der Waals surface area contributed by atoms with Gasteiger partial charge in [-0.3, -0.25) is 4.79 Å². The van der Waals surface area contributed by atoms with E-state index in [1.807, 2.05) is 36.4 Å². The van der Waals surface area contributed by atoms with Crippen molar-refractivity contribution in [3.8, 4) is 5.75 Å². The number of carbonyl (C=O) groups is 1. The Kier molecular flexibility index (Phi) is 5.63. The summed E-state index contributed by atoms with van der Waals surface area (Å²) in [6, 6.07) is 11.4. The number of rotatable bonds is 4. The maximum Gasteiger partial charge on any atom is 0.168 e. The quantitative estimate of drug-likeness (QED) is 0.416. The number of ketones is 1. The molecule has 0 aliphatic carbocycles. The molecular weight excluding hydrogens is 499 g/mol. The Labute approximate surface area is 148 Å². The summed E-state index contributed by atoms with van der Waals surface area (Å²) in [4.78, 5) is 12.5. The van der Waals surface area contributed by atoms with Gasteiger partial charge in [0.2, 0.25) is 0 Å². The Morgan fingerprint density at radius 1 is 1.20 bits per heavy atom. The molecule has 0 heterocycles. The highest BCUT2D eigenvalue weighted by molar-refractivity contribution is 14.1. The first-order chi connectivity index (χ1) is 9.51. The van der Waals surface area contributed by atoms with Crippen molar-refractivity contribution in [2.75, 3.05) is 7.11 Å². The van der Waals surface area contributed by atoms with Crippen LogP contribution in [0, 0.1) is 3.57 Å². The van der Waals surface area contributed by atoms with E-state index >= 15 is 0 Å². The number of Topliss-reactive ketones (excluding diaryl/α,β-unsaturated/α-hetero) is 1. The predicted molar refractivity (Wildman–Crippen MR) is 95.6 cm³/mol. The van der Waals surface area contributed by atoms with Gasteiger partial charge in [0.1, 0.15) is 5.75 Å². The molecule has 20 heavy (non-hydrogen) atoms. The second-order valence-corrected chi connectivity index (χ2v) is 7.20. The zero-order chi connectivity index (χ0) is 14.7. The third-order valence-corrected chi connectivity index (χ3v) is 4.68. The summed E-state index contributed by atoms with van der Waals surface area (Å²) < 4.78 is 8.09. The van der Waals surface area contributed by atoms with Gasteiger partial charge in [-0.2, -0.15) is 0 Å². The molecule has 2 nitrogen and oxygen atoms in total. The van der Waals surface area contributed by atoms with E-state index in [1.165, 1.54) is 0 Å². The van der Waals surface area contributed by atoms with Crippen molar-refractivity contribution in [3.63, 3.8) is 0 Å². The van der Waals surface area contributed by atoms with E-state index in [0.29, 0.717) is 12.0 Å². The highest BCUT2D eigenvalue weighted by Crippen LogP contribution is 2.26. The van der Waals surface area contributed by atoms with E-state index in [-0.39, 0.29) is 5.78 Å². The smallest absolute Gasteiger partial charge is 0.168 e. The predicted octanol–water partition coefficient (Wildman–Crippen LogP) is 5.25. The molecule has 0 radical (unpaired) electrons. The lowest BCUT2D eigenvalue weighted by Crippen LogP contribution is -2.06. The second-order valence-electron chi connectivity index (χ2n) is 4.18. The Morgan fingerprint density at radius 3 is 2.65 bits per heavy atom. The summed E-state index contributed by atoms with van der Waals surface area (Å²) in [5.41, 5.74) is 1.57. The summed E-state index contributed by atoms with van der Waals surface area (Å²) >= 11 is 9.05. The normalized spacial score (nSPS) is 10.4. The number of benzene rings is 2. The molecule has 0 unspecified atom stereocenters. The number of hydrogen-bond acceptors (Lipinski definition) is 2. The molecule has 0 aliphatic heterocycles. The fraction of sp³-hybridized carbons (Fsp3) is 0.133. The minimum absolute atomic E-state index is 0.0618. The Morgan fingerprint density at radius 2 is 1.95 bits per heavy atom. The van der Waals surface area contributed by atoms with Crippen LogP contribution in [0.5, 0.6) is 5.75 Å². The van der Waals surface area contributed by atoms with Crippen molar-refractivity contribution in [2.24, 2.45) is 0 Å². The molecule has 5 heteroatoms. The van der Waals surface area contributed by atoms with Gasteiger partial charge in [0.15, 0.2) is 5.78 Å². The summed E-state index contributed by atoms with van der Waals surface area (Å²) in [7, 11) is 1.61. The first kappa shape index (κ1) is 16.0. The fourth-order valence-corrected chi connectivity index (χ4v) is 3.23. The van der Waals surface area contributed by atoms with Crippen LogP contribution in [0.4, 0.5) is 0 Å². The van der Waals surface area contributed by atoms with Gasteiger partial charge in [0, 0.05) is 30.1 Å². The summed E-state index contributed by atoms with van der Waals surface area (Å²) in [6.45, 7) is 0. The van der Waals surface area contributed by atoms with Gasteiger partial charge in [-0.05, 0) is 59.0 Å². The fourth-order valence-electron chi connectivity index (χ4n) is 1.86. The average molecular weight is 510 g/mol. The number of halogens is 3. The van der Waals surface area contributed by atoms with E-state index in [1.54, 1.807) is 7.11 Å². The van der Waals surface area contributed by atoms with E-state index in [0.717, 1.165) is 23.8 Å². The van der Waals surface area contributed by atoms with E-state index < -0.39 is 0 Å². The molecule has 0 fully saturated rings. The van der Waals surface area contributed by atoms with Crippen molar-refractivity contribution in [1.82, 2.24) is 0 Å². The largest absolute Gasteiger partial charge is 0.496 e. The van der Waals surface area contributed by atoms with E-state index in [9.17, 15) is 4.79 Å². The Hall–Kier alpha value is -0.400. The lowest BCUT2D eigenvalue weighted by Gasteiger charge is -2.09. The van der Waals surface area contributed by atoms with Crippen LogP contribution in [0.25, 0.3) is 0 Å². The van der Waals surface area contributed by atoms with Crippen LogP contribution < -0.4 is 4.74 Å². The molecule has 0 spiro atoms. The lowest BCUT2D eigenvalue weighted by atomic mass is 10.0. The maximum atomic E-state index is 12.5. The lowest BCUT2D eigenvalue weighted by molar-refractivity contribution is 0.0991. The molecule has 0 saturated carbocycles. The van der Waals surface area contributed by atoms with E-state index in [2.05, 4.69) is 54.5 Å². The maximum absolute atomic E-state index is 12.5. The Bertz CT molecular complexity index is 656. The van der Waals surface area contributed by atoms with Gasteiger partial charge in [-0.15, -0.1) is 0 Å². The molecule has 0 bridgehead atoms. The summed E-state index contributed by atoms with van der Waals surface area (Å²) in [5, 5.41) is 0. The van der Waals surface area contributed by atoms with Crippen LogP contribution in [-0.2, 0) is 6.42 Å². The van der Waals surface area contributed by atoms with Gasteiger partial charge in [-0.1, -0.05) is 31.9 Å². The van der Waals surface area contributed by atoms with Crippen LogP contribution in [0.2, 0.25) is 0 Å². The minimum Gasteiger partial charge on any atom is -0.496 e. The van der Waals surface area contributed by atoms with Crippen molar-refractivity contribution >= 4 is 60.2 Å². The van der Waals surface area contributed by atoms with E-state index in [4.69, 9.17) is 4.74 Å². The monoisotopic (exact) mass is 508 g/mol. The minimum atomic E-state index is 0.0618. The zero-order valence-electron chi connectivity index (χ0n) is 10.6. The molecule has 0 aromatic heterocycles. The molecule has 0 amide bonds. The molecule has 2 rings (SSSR count). The average Bonchev–Trinajstić information content (AvgIpc) is 2.41. The zero-order valence-corrected chi connectivity index (χ0v) is 16.0. The Balaban J connectivity index is 2.32. The highest BCUT2D eigenvalue weighted by Gasteiger charge is 2.14. The number of ether oxygens (including phenoxy) is 1. The first-order valence-corrected chi connectivity index (χ1v) is 8.48. The molecule has 2 aromatic rings. The van der Waals surface area contributed by atoms with Crippen molar-refractivity contribution in [3.05, 3.63) is 60.0 Å². The third-order valence-electron chi connectivity index (χ3n) is 2.82. The SMILES string of the molecule is COc1ccc(Br)cc1CC(=O)c1cc(I)ccc1Br. The highest BCUT2D eigenvalue weighted by atomic mass is 127. The van der Waals surface area contributed by atoms with Crippen LogP contribution in [0.15, 0.2) is 45.3 Å².